The molecule has 25 heavy (non-hydrogen) atoms. The van der Waals surface area contributed by atoms with Gasteiger partial charge in [0.25, 0.3) is 0 Å². The number of nitrogens with one attached hydrogen (secondary N) is 1. The van der Waals surface area contributed by atoms with Gasteiger partial charge in [-0.3, -0.25) is 5.41 Å². The third-order valence-electron chi connectivity index (χ3n) is 5.43. The Morgan fingerprint density at radius 1 is 1.12 bits per heavy atom. The minimum atomic E-state index is -0.0814. The Balaban J connectivity index is 1.68. The van der Waals surface area contributed by atoms with Crippen LogP contribution in [0.4, 0.5) is 5.69 Å². The van der Waals surface area contributed by atoms with Gasteiger partial charge in [-0.25, -0.2) is 0 Å². The Bertz CT molecular complexity index is 731. The summed E-state index contributed by atoms with van der Waals surface area (Å²) >= 11 is 0. The molecule has 0 aromatic heterocycles. The minimum Gasteiger partial charge on any atom is -0.384 e. The lowest BCUT2D eigenvalue weighted by Crippen LogP contribution is -2.47. The van der Waals surface area contributed by atoms with Crippen LogP contribution in [-0.4, -0.2) is 31.6 Å². The lowest BCUT2D eigenvalue weighted by molar-refractivity contribution is -0.0290. The maximum atomic E-state index is 7.50. The molecule has 3 rings (SSSR count). The maximum absolute atomic E-state index is 7.50. The molecule has 4 nitrogen and oxygen atoms in total. The van der Waals surface area contributed by atoms with Crippen LogP contribution >= 0.6 is 0 Å². The number of hydrogen-bond donors (Lipinski definition) is 2. The second-order valence-corrected chi connectivity index (χ2v) is 6.94. The summed E-state index contributed by atoms with van der Waals surface area (Å²) in [6.45, 7) is 4.11. The highest BCUT2D eigenvalue weighted by atomic mass is 16.5. The van der Waals surface area contributed by atoms with Crippen LogP contribution in [0.3, 0.4) is 0 Å². The fourth-order valence-corrected chi connectivity index (χ4v) is 3.63. The highest BCUT2D eigenvalue weighted by molar-refractivity contribution is 5.95. The average molecular weight is 337 g/mol. The predicted molar refractivity (Wildman–Crippen MR) is 104 cm³/mol. The number of piperidine rings is 1. The first kappa shape index (κ1) is 17.5. The van der Waals surface area contributed by atoms with Crippen molar-refractivity contribution < 1.29 is 4.74 Å². The molecule has 0 spiro atoms. The summed E-state index contributed by atoms with van der Waals surface area (Å²) in [4.78, 5) is 2.39. The molecule has 1 saturated heterocycles. The zero-order valence-electron chi connectivity index (χ0n) is 15.1. The fraction of sp³-hybridized carbons (Fsp3) is 0.381. The van der Waals surface area contributed by atoms with Crippen LogP contribution in [0.15, 0.2) is 48.5 Å². The van der Waals surface area contributed by atoms with Gasteiger partial charge < -0.3 is 15.4 Å². The molecule has 1 fully saturated rings. The summed E-state index contributed by atoms with van der Waals surface area (Å²) in [6, 6.07) is 16.5. The molecule has 0 bridgehead atoms. The number of nitrogens with two attached hydrogens (primary N) is 1. The van der Waals surface area contributed by atoms with E-state index in [0.717, 1.165) is 37.9 Å². The van der Waals surface area contributed by atoms with E-state index in [1.54, 1.807) is 0 Å². The van der Waals surface area contributed by atoms with Gasteiger partial charge in [-0.1, -0.05) is 24.3 Å². The van der Waals surface area contributed by atoms with E-state index in [2.05, 4.69) is 48.2 Å². The number of benzene rings is 2. The first-order chi connectivity index (χ1) is 12.0. The number of rotatable bonds is 5. The van der Waals surface area contributed by atoms with Crippen molar-refractivity contribution in [3.8, 4) is 0 Å². The van der Waals surface area contributed by atoms with E-state index in [0.29, 0.717) is 0 Å². The van der Waals surface area contributed by atoms with Gasteiger partial charge in [0.2, 0.25) is 0 Å². The first-order valence-corrected chi connectivity index (χ1v) is 8.82. The van der Waals surface area contributed by atoms with Gasteiger partial charge in [-0.05, 0) is 55.2 Å². The van der Waals surface area contributed by atoms with Gasteiger partial charge in [0.1, 0.15) is 5.84 Å². The molecule has 3 N–H and O–H groups in total. The van der Waals surface area contributed by atoms with E-state index in [9.17, 15) is 0 Å². The molecule has 1 aliphatic heterocycles. The molecular formula is C21H27N3O. The van der Waals surface area contributed by atoms with Gasteiger partial charge >= 0.3 is 0 Å². The summed E-state index contributed by atoms with van der Waals surface area (Å²) in [5.74, 6) is 0.113. The van der Waals surface area contributed by atoms with Crippen molar-refractivity contribution in [1.82, 2.24) is 0 Å². The zero-order valence-corrected chi connectivity index (χ0v) is 15.1. The van der Waals surface area contributed by atoms with E-state index in [1.165, 1.54) is 16.8 Å². The molecule has 0 radical (unpaired) electrons. The van der Waals surface area contributed by atoms with Crippen LogP contribution in [-0.2, 0) is 11.2 Å². The molecular weight excluding hydrogens is 310 g/mol. The topological polar surface area (TPSA) is 62.3 Å². The van der Waals surface area contributed by atoms with Crippen LogP contribution in [0.5, 0.6) is 0 Å². The summed E-state index contributed by atoms with van der Waals surface area (Å²) < 4.78 is 6.00. The van der Waals surface area contributed by atoms with E-state index >= 15 is 0 Å². The summed E-state index contributed by atoms with van der Waals surface area (Å²) in [5.41, 5.74) is 10.1. The minimum absolute atomic E-state index is 0.0814. The van der Waals surface area contributed by atoms with Crippen molar-refractivity contribution in [1.29, 1.82) is 5.41 Å². The summed E-state index contributed by atoms with van der Waals surface area (Å²) in [5, 5.41) is 7.50. The molecule has 132 valence electrons. The van der Waals surface area contributed by atoms with Gasteiger partial charge in [0, 0.05) is 37.9 Å². The van der Waals surface area contributed by atoms with E-state index in [-0.39, 0.29) is 11.4 Å². The SMILES string of the molecule is COC1(Cc2ccccc2C)CCN(c2ccc(C(=N)N)cc2)CC1. The number of nitrogen functional groups attached to an aromatic ring is 1. The Kier molecular flexibility index (Phi) is 5.09. The number of hydrogen-bond acceptors (Lipinski definition) is 3. The zero-order chi connectivity index (χ0) is 17.9. The first-order valence-electron chi connectivity index (χ1n) is 8.82. The van der Waals surface area contributed by atoms with Crippen LogP contribution in [0, 0.1) is 12.3 Å². The molecule has 0 amide bonds. The van der Waals surface area contributed by atoms with Crippen molar-refractivity contribution >= 4 is 11.5 Å². The van der Waals surface area contributed by atoms with E-state index in [4.69, 9.17) is 15.9 Å². The smallest absolute Gasteiger partial charge is 0.122 e. The van der Waals surface area contributed by atoms with Crippen molar-refractivity contribution in [3.63, 3.8) is 0 Å². The highest BCUT2D eigenvalue weighted by Gasteiger charge is 2.35. The second kappa shape index (κ2) is 7.28. The second-order valence-electron chi connectivity index (χ2n) is 6.94. The third-order valence-corrected chi connectivity index (χ3v) is 5.43. The maximum Gasteiger partial charge on any atom is 0.122 e. The molecule has 0 saturated carbocycles. The molecule has 2 aromatic rings. The monoisotopic (exact) mass is 337 g/mol. The van der Waals surface area contributed by atoms with Crippen molar-refractivity contribution in [2.45, 2.75) is 31.8 Å². The number of methoxy groups -OCH3 is 1. The molecule has 0 atom stereocenters. The Morgan fingerprint density at radius 3 is 2.32 bits per heavy atom. The summed E-state index contributed by atoms with van der Waals surface area (Å²) in [6.07, 6.45) is 2.98. The van der Waals surface area contributed by atoms with Gasteiger partial charge in [0.05, 0.1) is 5.60 Å². The van der Waals surface area contributed by atoms with Crippen LogP contribution in [0.25, 0.3) is 0 Å². The highest BCUT2D eigenvalue weighted by Crippen LogP contribution is 2.32. The van der Waals surface area contributed by atoms with Gasteiger partial charge in [-0.2, -0.15) is 0 Å². The van der Waals surface area contributed by atoms with Crippen molar-refractivity contribution in [3.05, 3.63) is 65.2 Å². The molecule has 4 heteroatoms. The number of anilines is 1. The lowest BCUT2D eigenvalue weighted by atomic mass is 9.83. The number of amidine groups is 1. The van der Waals surface area contributed by atoms with Crippen LogP contribution in [0.1, 0.15) is 29.5 Å². The predicted octanol–water partition coefficient (Wildman–Crippen LogP) is 3.51. The number of aryl methyl sites for hydroxylation is 1. The van der Waals surface area contributed by atoms with Gasteiger partial charge in [-0.15, -0.1) is 0 Å². The number of nitrogens with zero attached hydrogens (tertiary/aromatic N) is 1. The van der Waals surface area contributed by atoms with Crippen LogP contribution < -0.4 is 10.6 Å². The van der Waals surface area contributed by atoms with Crippen molar-refractivity contribution in [2.75, 3.05) is 25.1 Å². The standard InChI is InChI=1S/C21H27N3O/c1-16-5-3-4-6-18(16)15-21(25-2)11-13-24(14-12-21)19-9-7-17(8-10-19)20(22)23/h3-10H,11-15H2,1-2H3,(H3,22,23). The Hall–Kier alpha value is -2.33. The molecule has 0 unspecified atom stereocenters. The van der Waals surface area contributed by atoms with Crippen molar-refractivity contribution in [2.24, 2.45) is 5.73 Å². The molecule has 0 aliphatic carbocycles. The quantitative estimate of drug-likeness (QED) is 0.648. The summed E-state index contributed by atoms with van der Waals surface area (Å²) in [7, 11) is 1.84. The molecule has 1 heterocycles. The largest absolute Gasteiger partial charge is 0.384 e. The Morgan fingerprint density at radius 2 is 1.76 bits per heavy atom. The Labute approximate surface area is 150 Å². The van der Waals surface area contributed by atoms with E-state index < -0.39 is 0 Å². The van der Waals surface area contributed by atoms with Gasteiger partial charge in [0.15, 0.2) is 0 Å². The lowest BCUT2D eigenvalue weighted by Gasteiger charge is -2.42. The average Bonchev–Trinajstić information content (AvgIpc) is 2.64. The van der Waals surface area contributed by atoms with E-state index in [1.807, 2.05) is 19.2 Å². The normalized spacial score (nSPS) is 16.6. The number of ether oxygens (including phenoxy) is 1. The molecule has 2 aromatic carbocycles. The fourth-order valence-electron chi connectivity index (χ4n) is 3.63. The molecule has 1 aliphatic rings. The third kappa shape index (κ3) is 3.85. The van der Waals surface area contributed by atoms with Crippen LogP contribution in [0.2, 0.25) is 0 Å².